The minimum atomic E-state index is -4.91. The molecule has 0 spiro atoms. The normalized spacial score (nSPS) is 16.9. The fourth-order valence-electron chi connectivity index (χ4n) is 4.29. The van der Waals surface area contributed by atoms with Crippen molar-refractivity contribution in [2.75, 3.05) is 0 Å². The molecule has 0 radical (unpaired) electrons. The van der Waals surface area contributed by atoms with Crippen LogP contribution in [0.25, 0.3) is 11.1 Å². The minimum absolute atomic E-state index is 0.223. The van der Waals surface area contributed by atoms with Gasteiger partial charge in [-0.2, -0.15) is 0 Å². The fraction of sp³-hybridized carbons (Fsp3) is 0.455. The highest BCUT2D eigenvalue weighted by molar-refractivity contribution is 5.65. The van der Waals surface area contributed by atoms with Crippen molar-refractivity contribution < 1.29 is 22.3 Å². The van der Waals surface area contributed by atoms with Gasteiger partial charge in [0.2, 0.25) is 0 Å². The summed E-state index contributed by atoms with van der Waals surface area (Å²) in [6.07, 6.45) is 3.54. The molecule has 27 heavy (non-hydrogen) atoms. The van der Waals surface area contributed by atoms with Crippen molar-refractivity contribution >= 4 is 0 Å². The van der Waals surface area contributed by atoms with Crippen LogP contribution in [0.15, 0.2) is 42.5 Å². The van der Waals surface area contributed by atoms with Crippen LogP contribution in [0.3, 0.4) is 0 Å². The Hall–Kier alpha value is -2.04. The van der Waals surface area contributed by atoms with Crippen molar-refractivity contribution in [2.24, 2.45) is 0 Å². The summed E-state index contributed by atoms with van der Waals surface area (Å²) in [4.78, 5) is 0. The highest BCUT2D eigenvalue weighted by atomic mass is 19.4. The quantitative estimate of drug-likeness (QED) is 0.491. The highest BCUT2D eigenvalue weighted by Crippen LogP contribution is 2.43. The molecule has 0 bridgehead atoms. The molecule has 1 fully saturated rings. The smallest absolute Gasteiger partial charge is 0.403 e. The average Bonchev–Trinajstić information content (AvgIpc) is 2.63. The second-order valence-electron chi connectivity index (χ2n) is 7.36. The third-order valence-corrected chi connectivity index (χ3v) is 5.53. The molecule has 2 aromatic rings. The Balaban J connectivity index is 1.83. The molecule has 146 valence electrons. The van der Waals surface area contributed by atoms with E-state index in [-0.39, 0.29) is 5.41 Å². The Bertz CT molecular complexity index is 753. The SMILES string of the molecule is CCCC1(c2ccc(-c3ccc(OC(F)(F)F)c(F)c3)cc2)CCCCC1. The molecule has 1 nitrogen and oxygen atoms in total. The van der Waals surface area contributed by atoms with E-state index in [1.165, 1.54) is 43.7 Å². The maximum absolute atomic E-state index is 14.0. The van der Waals surface area contributed by atoms with Gasteiger partial charge >= 0.3 is 6.36 Å². The van der Waals surface area contributed by atoms with Crippen molar-refractivity contribution in [2.45, 2.75) is 63.6 Å². The molecule has 0 atom stereocenters. The van der Waals surface area contributed by atoms with Crippen LogP contribution >= 0.6 is 0 Å². The molecular weight excluding hydrogens is 356 g/mol. The van der Waals surface area contributed by atoms with Gasteiger partial charge in [-0.3, -0.25) is 0 Å². The van der Waals surface area contributed by atoms with E-state index >= 15 is 0 Å². The molecule has 0 aromatic heterocycles. The summed E-state index contributed by atoms with van der Waals surface area (Å²) < 4.78 is 54.5. The van der Waals surface area contributed by atoms with Crippen molar-refractivity contribution in [3.8, 4) is 16.9 Å². The number of rotatable bonds is 5. The van der Waals surface area contributed by atoms with Crippen molar-refractivity contribution in [1.82, 2.24) is 0 Å². The first-order valence-electron chi connectivity index (χ1n) is 9.49. The molecule has 1 saturated carbocycles. The summed E-state index contributed by atoms with van der Waals surface area (Å²) in [5.74, 6) is -1.84. The summed E-state index contributed by atoms with van der Waals surface area (Å²) in [6.45, 7) is 2.21. The van der Waals surface area contributed by atoms with Crippen LogP contribution in [0.5, 0.6) is 5.75 Å². The van der Waals surface area contributed by atoms with E-state index in [4.69, 9.17) is 0 Å². The lowest BCUT2D eigenvalue weighted by Gasteiger charge is -2.38. The molecule has 1 aliphatic carbocycles. The van der Waals surface area contributed by atoms with E-state index in [1.54, 1.807) is 0 Å². The second kappa shape index (κ2) is 7.91. The third-order valence-electron chi connectivity index (χ3n) is 5.53. The average molecular weight is 380 g/mol. The molecular formula is C22H24F4O. The number of hydrogen-bond donors (Lipinski definition) is 0. The van der Waals surface area contributed by atoms with Crippen LogP contribution in [-0.2, 0) is 5.41 Å². The lowest BCUT2D eigenvalue weighted by molar-refractivity contribution is -0.275. The fourth-order valence-corrected chi connectivity index (χ4v) is 4.29. The summed E-state index contributed by atoms with van der Waals surface area (Å²) >= 11 is 0. The van der Waals surface area contributed by atoms with Gasteiger partial charge in [0.1, 0.15) is 0 Å². The summed E-state index contributed by atoms with van der Waals surface area (Å²) in [5.41, 5.74) is 2.84. The second-order valence-corrected chi connectivity index (χ2v) is 7.36. The van der Waals surface area contributed by atoms with Crippen LogP contribution in [0.2, 0.25) is 0 Å². The number of halogens is 4. The van der Waals surface area contributed by atoms with Gasteiger partial charge in [0, 0.05) is 0 Å². The first-order valence-corrected chi connectivity index (χ1v) is 9.49. The Morgan fingerprint density at radius 2 is 1.56 bits per heavy atom. The molecule has 0 saturated heterocycles. The molecule has 0 N–H and O–H groups in total. The largest absolute Gasteiger partial charge is 0.573 e. The van der Waals surface area contributed by atoms with Gasteiger partial charge in [-0.05, 0) is 53.5 Å². The highest BCUT2D eigenvalue weighted by Gasteiger charge is 2.33. The predicted octanol–water partition coefficient (Wildman–Crippen LogP) is 7.39. The minimum Gasteiger partial charge on any atom is -0.403 e. The molecule has 5 heteroatoms. The maximum Gasteiger partial charge on any atom is 0.573 e. The van der Waals surface area contributed by atoms with Gasteiger partial charge in [-0.15, -0.1) is 13.2 Å². The molecule has 3 rings (SSSR count). The zero-order valence-corrected chi connectivity index (χ0v) is 15.4. The zero-order valence-electron chi connectivity index (χ0n) is 15.4. The van der Waals surface area contributed by atoms with E-state index in [2.05, 4.69) is 23.8 Å². The Morgan fingerprint density at radius 3 is 2.11 bits per heavy atom. The predicted molar refractivity (Wildman–Crippen MR) is 98.2 cm³/mol. The van der Waals surface area contributed by atoms with Crippen molar-refractivity contribution in [1.29, 1.82) is 0 Å². The van der Waals surface area contributed by atoms with Gasteiger partial charge < -0.3 is 4.74 Å². The van der Waals surface area contributed by atoms with Gasteiger partial charge in [0.05, 0.1) is 0 Å². The van der Waals surface area contributed by atoms with Crippen LogP contribution in [0.4, 0.5) is 17.6 Å². The van der Waals surface area contributed by atoms with Crippen LogP contribution in [0.1, 0.15) is 57.4 Å². The van der Waals surface area contributed by atoms with Gasteiger partial charge in [-0.1, -0.05) is 62.9 Å². The first kappa shape index (κ1) is 19.7. The first-order chi connectivity index (χ1) is 12.8. The van der Waals surface area contributed by atoms with Crippen LogP contribution < -0.4 is 4.74 Å². The monoisotopic (exact) mass is 380 g/mol. The molecule has 1 aliphatic rings. The molecule has 0 unspecified atom stereocenters. The Labute approximate surface area is 157 Å². The lowest BCUT2D eigenvalue weighted by atomic mass is 9.67. The number of benzene rings is 2. The number of ether oxygens (including phenoxy) is 1. The van der Waals surface area contributed by atoms with E-state index in [0.29, 0.717) is 5.56 Å². The van der Waals surface area contributed by atoms with Crippen molar-refractivity contribution in [3.63, 3.8) is 0 Å². The molecule has 0 amide bonds. The van der Waals surface area contributed by atoms with E-state index < -0.39 is 17.9 Å². The van der Waals surface area contributed by atoms with Crippen LogP contribution in [0, 0.1) is 5.82 Å². The number of alkyl halides is 3. The van der Waals surface area contributed by atoms with Crippen molar-refractivity contribution in [3.05, 3.63) is 53.8 Å². The Kier molecular flexibility index (Phi) is 5.78. The van der Waals surface area contributed by atoms with Gasteiger partial charge in [-0.25, -0.2) is 4.39 Å². The summed E-state index contributed by atoms with van der Waals surface area (Å²) in [7, 11) is 0. The van der Waals surface area contributed by atoms with Gasteiger partial charge in [0.25, 0.3) is 0 Å². The summed E-state index contributed by atoms with van der Waals surface area (Å²) in [6, 6.07) is 11.6. The lowest BCUT2D eigenvalue weighted by Crippen LogP contribution is -2.28. The Morgan fingerprint density at radius 1 is 0.926 bits per heavy atom. The molecule has 2 aromatic carbocycles. The maximum atomic E-state index is 14.0. The molecule has 0 heterocycles. The number of hydrogen-bond acceptors (Lipinski definition) is 1. The summed E-state index contributed by atoms with van der Waals surface area (Å²) in [5, 5.41) is 0. The van der Waals surface area contributed by atoms with E-state index in [0.717, 1.165) is 30.5 Å². The standard InChI is InChI=1S/C22H24F4O/c1-2-12-21(13-4-3-5-14-21)18-9-6-16(7-10-18)17-8-11-20(19(23)15-17)27-22(24,25)26/h6-11,15H,2-5,12-14H2,1H3. The topological polar surface area (TPSA) is 9.23 Å². The van der Waals surface area contributed by atoms with Gasteiger partial charge in [0.15, 0.2) is 11.6 Å². The zero-order chi connectivity index (χ0) is 19.5. The van der Waals surface area contributed by atoms with E-state index in [9.17, 15) is 17.6 Å². The molecule has 0 aliphatic heterocycles. The van der Waals surface area contributed by atoms with E-state index in [1.807, 2.05) is 12.1 Å². The third kappa shape index (κ3) is 4.63. The van der Waals surface area contributed by atoms with Crippen LogP contribution in [-0.4, -0.2) is 6.36 Å².